The van der Waals surface area contributed by atoms with Crippen LogP contribution in [0, 0.1) is 0 Å². The van der Waals surface area contributed by atoms with Crippen molar-refractivity contribution in [2.45, 2.75) is 25.9 Å². The van der Waals surface area contributed by atoms with Gasteiger partial charge in [0, 0.05) is 12.7 Å². The molecule has 3 nitrogen and oxygen atoms in total. The minimum atomic E-state index is -0.0594. The van der Waals surface area contributed by atoms with Crippen LogP contribution in [-0.2, 0) is 6.54 Å². The molecule has 0 aromatic carbocycles. The number of amidine groups is 1. The fourth-order valence-electron chi connectivity index (χ4n) is 1.62. The second kappa shape index (κ2) is 2.12. The lowest BCUT2D eigenvalue weighted by Gasteiger charge is -2.27. The Hall–Kier alpha value is -1.25. The minimum absolute atomic E-state index is 0.0594. The summed E-state index contributed by atoms with van der Waals surface area (Å²) >= 11 is 0. The second-order valence-corrected chi connectivity index (χ2v) is 3.83. The highest BCUT2D eigenvalue weighted by Crippen LogP contribution is 2.20. The molecule has 1 aliphatic heterocycles. The van der Waals surface area contributed by atoms with E-state index in [1.165, 1.54) is 0 Å². The van der Waals surface area contributed by atoms with Gasteiger partial charge in [0.15, 0.2) is 0 Å². The zero-order chi connectivity index (χ0) is 8.77. The maximum absolute atomic E-state index is 5.80. The van der Waals surface area contributed by atoms with Crippen LogP contribution in [0.2, 0.25) is 0 Å². The Labute approximate surface area is 71.9 Å². The Balaban J connectivity index is 2.52. The van der Waals surface area contributed by atoms with Gasteiger partial charge in [-0.25, -0.2) is 0 Å². The maximum atomic E-state index is 5.80. The first-order valence-electron chi connectivity index (χ1n) is 4.09. The quantitative estimate of drug-likeness (QED) is 0.609. The summed E-state index contributed by atoms with van der Waals surface area (Å²) in [6.45, 7) is 5.08. The summed E-state index contributed by atoms with van der Waals surface area (Å²) in [7, 11) is 0. The van der Waals surface area contributed by atoms with Crippen molar-refractivity contribution in [2.75, 3.05) is 0 Å². The van der Waals surface area contributed by atoms with Gasteiger partial charge in [-0.15, -0.1) is 0 Å². The van der Waals surface area contributed by atoms with Gasteiger partial charge in [0.25, 0.3) is 0 Å². The third kappa shape index (κ3) is 1.02. The molecule has 1 aliphatic rings. The minimum Gasteiger partial charge on any atom is -0.382 e. The van der Waals surface area contributed by atoms with E-state index in [2.05, 4.69) is 23.4 Å². The first kappa shape index (κ1) is 7.40. The van der Waals surface area contributed by atoms with E-state index in [0.717, 1.165) is 12.2 Å². The zero-order valence-corrected chi connectivity index (χ0v) is 7.41. The van der Waals surface area contributed by atoms with E-state index in [4.69, 9.17) is 5.73 Å². The van der Waals surface area contributed by atoms with Crippen LogP contribution < -0.4 is 5.73 Å². The predicted molar refractivity (Wildman–Crippen MR) is 49.2 cm³/mol. The molecular weight excluding hydrogens is 150 g/mol. The molecule has 1 aromatic heterocycles. The molecule has 0 radical (unpaired) electrons. The molecule has 64 valence electrons. The van der Waals surface area contributed by atoms with Crippen molar-refractivity contribution in [3.8, 4) is 0 Å². The van der Waals surface area contributed by atoms with Crippen LogP contribution in [-0.4, -0.2) is 15.9 Å². The highest BCUT2D eigenvalue weighted by molar-refractivity contribution is 5.96. The zero-order valence-electron chi connectivity index (χ0n) is 7.41. The number of aliphatic imine (C=N–C) groups is 1. The van der Waals surface area contributed by atoms with Gasteiger partial charge in [-0.1, -0.05) is 0 Å². The summed E-state index contributed by atoms with van der Waals surface area (Å²) in [6, 6.07) is 3.99. The summed E-state index contributed by atoms with van der Waals surface area (Å²) < 4.78 is 2.14. The normalized spacial score (nSPS) is 20.0. The largest absolute Gasteiger partial charge is 0.382 e. The van der Waals surface area contributed by atoms with Gasteiger partial charge < -0.3 is 10.3 Å². The number of nitrogens with two attached hydrogens (primary N) is 1. The lowest BCUT2D eigenvalue weighted by molar-refractivity contribution is 0.424. The summed E-state index contributed by atoms with van der Waals surface area (Å²) in [5, 5.41) is 0. The average Bonchev–Trinajstić information content (AvgIpc) is 2.31. The smallest absolute Gasteiger partial charge is 0.143 e. The van der Waals surface area contributed by atoms with Crippen molar-refractivity contribution >= 4 is 5.84 Å². The number of fused-ring (bicyclic) bond motifs is 1. The van der Waals surface area contributed by atoms with Gasteiger partial charge in [-0.2, -0.15) is 0 Å². The van der Waals surface area contributed by atoms with E-state index in [1.54, 1.807) is 0 Å². The van der Waals surface area contributed by atoms with Crippen LogP contribution in [0.15, 0.2) is 23.3 Å². The highest BCUT2D eigenvalue weighted by atomic mass is 15.1. The lowest BCUT2D eigenvalue weighted by Crippen LogP contribution is -2.35. The molecule has 3 heteroatoms. The first-order chi connectivity index (χ1) is 5.58. The molecule has 0 bridgehead atoms. The van der Waals surface area contributed by atoms with Crippen molar-refractivity contribution in [3.05, 3.63) is 24.0 Å². The maximum Gasteiger partial charge on any atom is 0.143 e. The Morgan fingerprint density at radius 1 is 1.58 bits per heavy atom. The van der Waals surface area contributed by atoms with Gasteiger partial charge >= 0.3 is 0 Å². The SMILES string of the molecule is CC1(C)Cn2cccc2C(N)=N1. The summed E-state index contributed by atoms with van der Waals surface area (Å²) in [5.41, 5.74) is 6.77. The number of hydrogen-bond acceptors (Lipinski definition) is 2. The molecule has 0 amide bonds. The van der Waals surface area contributed by atoms with Crippen molar-refractivity contribution < 1.29 is 0 Å². The number of hydrogen-bond donors (Lipinski definition) is 1. The Morgan fingerprint density at radius 3 is 3.08 bits per heavy atom. The van der Waals surface area contributed by atoms with E-state index in [1.807, 2.05) is 18.3 Å². The van der Waals surface area contributed by atoms with Gasteiger partial charge in [-0.3, -0.25) is 4.99 Å². The first-order valence-corrected chi connectivity index (χ1v) is 4.09. The predicted octanol–water partition coefficient (Wildman–Crippen LogP) is 0.986. The number of rotatable bonds is 0. The molecule has 0 spiro atoms. The third-order valence-electron chi connectivity index (χ3n) is 2.07. The Kier molecular flexibility index (Phi) is 1.31. The van der Waals surface area contributed by atoms with E-state index in [-0.39, 0.29) is 5.54 Å². The molecule has 2 N–H and O–H groups in total. The molecule has 2 heterocycles. The lowest BCUT2D eigenvalue weighted by atomic mass is 10.0. The number of aromatic nitrogens is 1. The fraction of sp³-hybridized carbons (Fsp3) is 0.444. The van der Waals surface area contributed by atoms with Crippen LogP contribution >= 0.6 is 0 Å². The van der Waals surface area contributed by atoms with E-state index >= 15 is 0 Å². The Bertz CT molecular complexity index is 333. The molecular formula is C9H13N3. The van der Waals surface area contributed by atoms with Crippen LogP contribution in [0.4, 0.5) is 0 Å². The average molecular weight is 163 g/mol. The van der Waals surface area contributed by atoms with E-state index in [0.29, 0.717) is 5.84 Å². The summed E-state index contributed by atoms with van der Waals surface area (Å²) in [4.78, 5) is 4.40. The highest BCUT2D eigenvalue weighted by Gasteiger charge is 2.24. The van der Waals surface area contributed by atoms with Crippen LogP contribution in [0.5, 0.6) is 0 Å². The van der Waals surface area contributed by atoms with Gasteiger partial charge in [0.1, 0.15) is 5.84 Å². The molecule has 0 atom stereocenters. The molecule has 1 aromatic rings. The monoisotopic (exact) mass is 163 g/mol. The molecule has 0 unspecified atom stereocenters. The van der Waals surface area contributed by atoms with Gasteiger partial charge in [0.2, 0.25) is 0 Å². The summed E-state index contributed by atoms with van der Waals surface area (Å²) in [5.74, 6) is 0.649. The molecule has 0 saturated carbocycles. The van der Waals surface area contributed by atoms with Crippen molar-refractivity contribution in [1.29, 1.82) is 0 Å². The van der Waals surface area contributed by atoms with Crippen LogP contribution in [0.25, 0.3) is 0 Å². The van der Waals surface area contributed by atoms with Crippen molar-refractivity contribution in [1.82, 2.24) is 4.57 Å². The molecule has 0 aliphatic carbocycles. The third-order valence-corrected chi connectivity index (χ3v) is 2.07. The van der Waals surface area contributed by atoms with E-state index < -0.39 is 0 Å². The molecule has 12 heavy (non-hydrogen) atoms. The molecule has 2 rings (SSSR count). The Morgan fingerprint density at radius 2 is 2.33 bits per heavy atom. The van der Waals surface area contributed by atoms with Crippen LogP contribution in [0.3, 0.4) is 0 Å². The standard InChI is InChI=1S/C9H13N3/c1-9(2)6-12-5-3-4-7(12)8(10)11-9/h3-5H,6H2,1-2H3,(H2,10,11). The van der Waals surface area contributed by atoms with Crippen molar-refractivity contribution in [3.63, 3.8) is 0 Å². The van der Waals surface area contributed by atoms with Crippen molar-refractivity contribution in [2.24, 2.45) is 10.7 Å². The van der Waals surface area contributed by atoms with Crippen LogP contribution in [0.1, 0.15) is 19.5 Å². The number of nitrogens with zero attached hydrogens (tertiary/aromatic N) is 2. The summed E-state index contributed by atoms with van der Waals surface area (Å²) in [6.07, 6.45) is 2.04. The molecule has 0 fully saturated rings. The van der Waals surface area contributed by atoms with Gasteiger partial charge in [0.05, 0.1) is 11.2 Å². The van der Waals surface area contributed by atoms with Gasteiger partial charge in [-0.05, 0) is 26.0 Å². The fourth-order valence-corrected chi connectivity index (χ4v) is 1.62. The topological polar surface area (TPSA) is 43.3 Å². The second-order valence-electron chi connectivity index (χ2n) is 3.83. The van der Waals surface area contributed by atoms with E-state index in [9.17, 15) is 0 Å². The molecule has 0 saturated heterocycles.